The predicted octanol–water partition coefficient (Wildman–Crippen LogP) is 0.0600. The number of ether oxygens (including phenoxy) is 2. The van der Waals surface area contributed by atoms with Crippen molar-refractivity contribution in [1.29, 1.82) is 0 Å². The molecule has 2 amide bonds. The molecule has 2 rings (SSSR count). The molecule has 3 N–H and O–H groups in total. The van der Waals surface area contributed by atoms with E-state index in [0.29, 0.717) is 24.6 Å². The molecule has 126 valence electrons. The first-order valence-electron chi connectivity index (χ1n) is 7.84. The molecule has 2 bridgehead atoms. The number of fused-ring (bicyclic) bond motifs is 2. The molecule has 0 radical (unpaired) electrons. The van der Waals surface area contributed by atoms with E-state index in [4.69, 9.17) is 9.47 Å². The minimum absolute atomic E-state index is 0.0443. The number of carbonyl (C=O) groups is 2. The van der Waals surface area contributed by atoms with E-state index >= 15 is 0 Å². The third kappa shape index (κ3) is 7.01. The van der Waals surface area contributed by atoms with Crippen LogP contribution in [0.15, 0.2) is 24.3 Å². The molecule has 1 aliphatic heterocycles. The minimum Gasteiger partial charge on any atom is -0.484 e. The smallest absolute Gasteiger partial charge is 0.257 e. The van der Waals surface area contributed by atoms with Crippen LogP contribution in [0.3, 0.4) is 0 Å². The molecule has 1 aliphatic rings. The predicted molar refractivity (Wildman–Crippen MR) is 85.6 cm³/mol. The average Bonchev–Trinajstić information content (AvgIpc) is 2.56. The third-order valence-electron chi connectivity index (χ3n) is 3.25. The Morgan fingerprint density at radius 3 is 1.83 bits per heavy atom. The van der Waals surface area contributed by atoms with Crippen LogP contribution in [-0.4, -0.2) is 51.2 Å². The number of hydrogen-bond donors (Lipinski definition) is 3. The van der Waals surface area contributed by atoms with Crippen LogP contribution in [0.2, 0.25) is 0 Å². The molecule has 7 heteroatoms. The van der Waals surface area contributed by atoms with Crippen molar-refractivity contribution in [2.24, 2.45) is 0 Å². The summed E-state index contributed by atoms with van der Waals surface area (Å²) in [7, 11) is 0. The van der Waals surface area contributed by atoms with Gasteiger partial charge in [-0.1, -0.05) is 6.07 Å². The molecule has 7 nitrogen and oxygen atoms in total. The number of hydrogen-bond acceptors (Lipinski definition) is 5. The van der Waals surface area contributed by atoms with Gasteiger partial charge in [0.25, 0.3) is 11.8 Å². The van der Waals surface area contributed by atoms with Crippen LogP contribution in [-0.2, 0) is 9.59 Å². The first kappa shape index (κ1) is 17.1. The molecular formula is C16H23N3O4. The summed E-state index contributed by atoms with van der Waals surface area (Å²) >= 11 is 0. The average molecular weight is 321 g/mol. The Morgan fingerprint density at radius 1 is 0.783 bits per heavy atom. The fourth-order valence-electron chi connectivity index (χ4n) is 2.06. The van der Waals surface area contributed by atoms with Gasteiger partial charge in [-0.15, -0.1) is 0 Å². The lowest BCUT2D eigenvalue weighted by Gasteiger charge is -2.11. The second kappa shape index (κ2) is 9.68. The van der Waals surface area contributed by atoms with Gasteiger partial charge in [0.2, 0.25) is 0 Å². The lowest BCUT2D eigenvalue weighted by atomic mass is 10.3. The van der Waals surface area contributed by atoms with Crippen LogP contribution >= 0.6 is 0 Å². The molecule has 1 aromatic carbocycles. The highest BCUT2D eigenvalue weighted by atomic mass is 16.5. The first-order chi connectivity index (χ1) is 11.2. The summed E-state index contributed by atoms with van der Waals surface area (Å²) in [5.74, 6) is 0.746. The molecule has 0 aromatic heterocycles. The molecule has 0 fully saturated rings. The molecule has 0 atom stereocenters. The number of carbonyl (C=O) groups excluding carboxylic acids is 2. The lowest BCUT2D eigenvalue weighted by Crippen LogP contribution is -2.33. The van der Waals surface area contributed by atoms with Gasteiger partial charge >= 0.3 is 0 Å². The zero-order chi connectivity index (χ0) is 16.3. The summed E-state index contributed by atoms with van der Waals surface area (Å²) in [6.07, 6.45) is 1.70. The Morgan fingerprint density at radius 2 is 1.30 bits per heavy atom. The van der Waals surface area contributed by atoms with Crippen molar-refractivity contribution in [1.82, 2.24) is 16.0 Å². The van der Waals surface area contributed by atoms with E-state index in [9.17, 15) is 9.59 Å². The Balaban J connectivity index is 1.91. The van der Waals surface area contributed by atoms with Gasteiger partial charge in [0.1, 0.15) is 11.5 Å². The second-order valence-corrected chi connectivity index (χ2v) is 5.21. The molecule has 1 heterocycles. The van der Waals surface area contributed by atoms with E-state index in [1.54, 1.807) is 24.3 Å². The van der Waals surface area contributed by atoms with Gasteiger partial charge < -0.3 is 25.4 Å². The number of amides is 2. The molecule has 0 saturated heterocycles. The van der Waals surface area contributed by atoms with Gasteiger partial charge in [0.15, 0.2) is 13.2 Å². The van der Waals surface area contributed by atoms with E-state index in [-0.39, 0.29) is 25.0 Å². The van der Waals surface area contributed by atoms with Crippen LogP contribution in [0.1, 0.15) is 12.8 Å². The molecule has 0 unspecified atom stereocenters. The van der Waals surface area contributed by atoms with Gasteiger partial charge in [-0.2, -0.15) is 0 Å². The maximum Gasteiger partial charge on any atom is 0.257 e. The van der Waals surface area contributed by atoms with Crippen LogP contribution < -0.4 is 25.4 Å². The molecular weight excluding hydrogens is 298 g/mol. The van der Waals surface area contributed by atoms with Gasteiger partial charge in [-0.25, -0.2) is 0 Å². The standard InChI is InChI=1S/C16H23N3O4/c20-15-11-22-13-4-1-5-14(10-13)23-12-16(21)19-9-3-7-17-6-2-8-18-15/h1,4-5,10,17H,2-3,6-9,11-12H2,(H,18,20)(H,19,21). The van der Waals surface area contributed by atoms with E-state index in [2.05, 4.69) is 16.0 Å². The number of rotatable bonds is 0. The highest BCUT2D eigenvalue weighted by Crippen LogP contribution is 2.19. The lowest BCUT2D eigenvalue weighted by molar-refractivity contribution is -0.123. The molecule has 0 spiro atoms. The van der Waals surface area contributed by atoms with Gasteiger partial charge in [0.05, 0.1) is 0 Å². The summed E-state index contributed by atoms with van der Waals surface area (Å²) in [6, 6.07) is 6.89. The van der Waals surface area contributed by atoms with Gasteiger partial charge in [-0.05, 0) is 38.1 Å². The van der Waals surface area contributed by atoms with Crippen molar-refractivity contribution >= 4 is 11.8 Å². The van der Waals surface area contributed by atoms with Crippen LogP contribution in [0.25, 0.3) is 0 Å². The Kier molecular flexibility index (Phi) is 7.19. The monoisotopic (exact) mass is 321 g/mol. The maximum atomic E-state index is 11.7. The van der Waals surface area contributed by atoms with Gasteiger partial charge in [0, 0.05) is 19.2 Å². The minimum atomic E-state index is -0.156. The molecule has 23 heavy (non-hydrogen) atoms. The summed E-state index contributed by atoms with van der Waals surface area (Å²) < 4.78 is 10.8. The Labute approximate surface area is 135 Å². The zero-order valence-electron chi connectivity index (χ0n) is 13.1. The summed E-state index contributed by atoms with van der Waals surface area (Å²) in [5, 5.41) is 8.88. The topological polar surface area (TPSA) is 88.7 Å². The van der Waals surface area contributed by atoms with E-state index in [1.807, 2.05) is 0 Å². The SMILES string of the molecule is O=C1COc2cccc(c2)OCC(=O)NCCCNCCCN1. The van der Waals surface area contributed by atoms with Crippen molar-refractivity contribution in [2.45, 2.75) is 12.8 Å². The van der Waals surface area contributed by atoms with Crippen LogP contribution in [0.4, 0.5) is 0 Å². The van der Waals surface area contributed by atoms with Crippen LogP contribution in [0, 0.1) is 0 Å². The van der Waals surface area contributed by atoms with Crippen molar-refractivity contribution in [2.75, 3.05) is 39.4 Å². The first-order valence-corrected chi connectivity index (χ1v) is 7.84. The summed E-state index contributed by atoms with van der Waals surface area (Å²) in [4.78, 5) is 23.3. The normalized spacial score (nSPS) is 18.4. The van der Waals surface area contributed by atoms with Crippen molar-refractivity contribution in [3.8, 4) is 11.5 Å². The molecule has 0 aliphatic carbocycles. The second-order valence-electron chi connectivity index (χ2n) is 5.21. The number of benzene rings is 1. The quantitative estimate of drug-likeness (QED) is 0.629. The van der Waals surface area contributed by atoms with Crippen molar-refractivity contribution in [3.05, 3.63) is 24.3 Å². The van der Waals surface area contributed by atoms with E-state index in [1.165, 1.54) is 0 Å². The maximum absolute atomic E-state index is 11.7. The highest BCUT2D eigenvalue weighted by molar-refractivity contribution is 5.78. The van der Waals surface area contributed by atoms with E-state index in [0.717, 1.165) is 25.9 Å². The largest absolute Gasteiger partial charge is 0.484 e. The number of nitrogens with one attached hydrogen (secondary N) is 3. The molecule has 0 saturated carbocycles. The van der Waals surface area contributed by atoms with Crippen molar-refractivity contribution < 1.29 is 19.1 Å². The highest BCUT2D eigenvalue weighted by Gasteiger charge is 2.06. The van der Waals surface area contributed by atoms with Crippen LogP contribution in [0.5, 0.6) is 11.5 Å². The third-order valence-corrected chi connectivity index (χ3v) is 3.25. The fraction of sp³-hybridized carbons (Fsp3) is 0.500. The van der Waals surface area contributed by atoms with Crippen molar-refractivity contribution in [3.63, 3.8) is 0 Å². The summed E-state index contributed by atoms with van der Waals surface area (Å²) in [6.45, 7) is 2.76. The van der Waals surface area contributed by atoms with Gasteiger partial charge in [-0.3, -0.25) is 9.59 Å². The fourth-order valence-corrected chi connectivity index (χ4v) is 2.06. The van der Waals surface area contributed by atoms with E-state index < -0.39 is 0 Å². The Hall–Kier alpha value is -2.28. The zero-order valence-corrected chi connectivity index (χ0v) is 13.1. The Bertz CT molecular complexity index is 481. The molecule has 1 aromatic rings. The summed E-state index contributed by atoms with van der Waals surface area (Å²) in [5.41, 5.74) is 0.